The van der Waals surface area contributed by atoms with Gasteiger partial charge >= 0.3 is 0 Å². The Morgan fingerprint density at radius 2 is 1.81 bits per heavy atom. The molecule has 0 fully saturated rings. The monoisotopic (exact) mass is 351 g/mol. The molecule has 0 aliphatic carbocycles. The van der Waals surface area contributed by atoms with Crippen LogP contribution >= 0.6 is 0 Å². The quantitative estimate of drug-likeness (QED) is 0.673. The van der Waals surface area contributed by atoms with Crippen molar-refractivity contribution >= 4 is 17.5 Å². The van der Waals surface area contributed by atoms with Crippen LogP contribution in [-0.2, 0) is 6.54 Å². The molecule has 0 spiro atoms. The van der Waals surface area contributed by atoms with Crippen LogP contribution in [-0.4, -0.2) is 29.4 Å². The summed E-state index contributed by atoms with van der Waals surface area (Å²) in [4.78, 5) is 4.44. The first-order valence-electron chi connectivity index (χ1n) is 8.16. The Balaban J connectivity index is 1.70. The van der Waals surface area contributed by atoms with E-state index in [4.69, 9.17) is 9.47 Å². The van der Waals surface area contributed by atoms with Crippen LogP contribution in [0.2, 0.25) is 0 Å². The Hall–Kier alpha value is -3.35. The van der Waals surface area contributed by atoms with Crippen LogP contribution in [0, 0.1) is 6.92 Å². The van der Waals surface area contributed by atoms with Gasteiger partial charge in [0, 0.05) is 12.6 Å². The standard InChI is InChI=1S/C19H21N5O2/c1-13-4-6-14(7-5-13)11-20-18-12-21-24-19(23-18)22-16-9-8-15(25-2)10-17(16)26-3/h4-10,12H,11H2,1-3H3,(H2,20,22,23,24). The van der Waals surface area contributed by atoms with E-state index in [0.29, 0.717) is 29.8 Å². The van der Waals surface area contributed by atoms with E-state index in [-0.39, 0.29) is 0 Å². The van der Waals surface area contributed by atoms with Gasteiger partial charge < -0.3 is 20.1 Å². The highest BCUT2D eigenvalue weighted by atomic mass is 16.5. The summed E-state index contributed by atoms with van der Waals surface area (Å²) < 4.78 is 10.6. The van der Waals surface area contributed by atoms with E-state index in [1.807, 2.05) is 12.1 Å². The third-order valence-corrected chi connectivity index (χ3v) is 3.81. The molecule has 0 aliphatic rings. The van der Waals surface area contributed by atoms with Gasteiger partial charge in [-0.3, -0.25) is 0 Å². The lowest BCUT2D eigenvalue weighted by Crippen LogP contribution is -2.06. The number of anilines is 3. The summed E-state index contributed by atoms with van der Waals surface area (Å²) >= 11 is 0. The Morgan fingerprint density at radius 3 is 2.54 bits per heavy atom. The van der Waals surface area contributed by atoms with Crippen molar-refractivity contribution < 1.29 is 9.47 Å². The summed E-state index contributed by atoms with van der Waals surface area (Å²) in [5, 5.41) is 14.4. The van der Waals surface area contributed by atoms with Gasteiger partial charge in [-0.1, -0.05) is 29.8 Å². The average Bonchev–Trinajstić information content (AvgIpc) is 2.68. The molecule has 3 rings (SSSR count). The molecule has 7 heteroatoms. The minimum atomic E-state index is 0.377. The van der Waals surface area contributed by atoms with Crippen molar-refractivity contribution in [1.82, 2.24) is 15.2 Å². The molecule has 0 aliphatic heterocycles. The number of benzene rings is 2. The maximum absolute atomic E-state index is 5.37. The summed E-state index contributed by atoms with van der Waals surface area (Å²) in [6, 6.07) is 13.8. The molecule has 2 aromatic carbocycles. The van der Waals surface area contributed by atoms with Crippen LogP contribution in [0.15, 0.2) is 48.7 Å². The first-order chi connectivity index (χ1) is 12.7. The lowest BCUT2D eigenvalue weighted by atomic mass is 10.1. The van der Waals surface area contributed by atoms with Gasteiger partial charge in [-0.15, -0.1) is 5.10 Å². The third kappa shape index (κ3) is 4.38. The molecule has 1 aromatic heterocycles. The van der Waals surface area contributed by atoms with Gasteiger partial charge in [-0.05, 0) is 24.6 Å². The number of ether oxygens (including phenoxy) is 2. The highest BCUT2D eigenvalue weighted by Gasteiger charge is 2.08. The number of nitrogens with one attached hydrogen (secondary N) is 2. The highest BCUT2D eigenvalue weighted by Crippen LogP contribution is 2.30. The molecule has 134 valence electrons. The van der Waals surface area contributed by atoms with Crippen LogP contribution in [0.1, 0.15) is 11.1 Å². The van der Waals surface area contributed by atoms with Crippen molar-refractivity contribution in [1.29, 1.82) is 0 Å². The Bertz CT molecular complexity index is 868. The summed E-state index contributed by atoms with van der Waals surface area (Å²) in [5.74, 6) is 2.35. The second-order valence-electron chi connectivity index (χ2n) is 5.70. The van der Waals surface area contributed by atoms with E-state index in [1.165, 1.54) is 11.1 Å². The first-order valence-corrected chi connectivity index (χ1v) is 8.16. The molecule has 0 unspecified atom stereocenters. The predicted molar refractivity (Wildman–Crippen MR) is 101 cm³/mol. The van der Waals surface area contributed by atoms with Crippen molar-refractivity contribution in [3.8, 4) is 11.5 Å². The average molecular weight is 351 g/mol. The fourth-order valence-corrected chi connectivity index (χ4v) is 2.36. The van der Waals surface area contributed by atoms with Crippen molar-refractivity contribution in [2.24, 2.45) is 0 Å². The van der Waals surface area contributed by atoms with Crippen molar-refractivity contribution in [3.05, 3.63) is 59.8 Å². The molecule has 0 amide bonds. The van der Waals surface area contributed by atoms with Gasteiger partial charge in [0.2, 0.25) is 5.95 Å². The maximum atomic E-state index is 5.37. The summed E-state index contributed by atoms with van der Waals surface area (Å²) in [6.45, 7) is 2.72. The minimum Gasteiger partial charge on any atom is -0.497 e. The molecule has 0 saturated heterocycles. The Morgan fingerprint density at radius 1 is 1.00 bits per heavy atom. The number of methoxy groups -OCH3 is 2. The SMILES string of the molecule is COc1ccc(Nc2nncc(NCc3ccc(C)cc3)n2)c(OC)c1. The third-order valence-electron chi connectivity index (χ3n) is 3.81. The molecule has 7 nitrogen and oxygen atoms in total. The Kier molecular flexibility index (Phi) is 5.48. The molecule has 2 N–H and O–H groups in total. The lowest BCUT2D eigenvalue weighted by Gasteiger charge is -2.12. The van der Waals surface area contributed by atoms with Gasteiger partial charge in [-0.25, -0.2) is 0 Å². The molecule has 0 bridgehead atoms. The molecule has 26 heavy (non-hydrogen) atoms. The van der Waals surface area contributed by atoms with E-state index in [0.717, 1.165) is 5.69 Å². The topological polar surface area (TPSA) is 81.2 Å². The number of nitrogens with zero attached hydrogens (tertiary/aromatic N) is 3. The zero-order valence-electron chi connectivity index (χ0n) is 15.0. The molecule has 0 radical (unpaired) electrons. The van der Waals surface area contributed by atoms with E-state index in [1.54, 1.807) is 26.5 Å². The molecule has 1 heterocycles. The lowest BCUT2D eigenvalue weighted by molar-refractivity contribution is 0.395. The zero-order chi connectivity index (χ0) is 18.4. The summed E-state index contributed by atoms with van der Waals surface area (Å²) in [7, 11) is 3.21. The second kappa shape index (κ2) is 8.15. The van der Waals surface area contributed by atoms with Gasteiger partial charge in [-0.2, -0.15) is 10.1 Å². The van der Waals surface area contributed by atoms with Crippen LogP contribution in [0.3, 0.4) is 0 Å². The number of rotatable bonds is 7. The van der Waals surface area contributed by atoms with Gasteiger partial charge in [0.25, 0.3) is 0 Å². The zero-order valence-corrected chi connectivity index (χ0v) is 15.0. The number of aromatic nitrogens is 3. The summed E-state index contributed by atoms with van der Waals surface area (Å²) in [5.41, 5.74) is 3.13. The fourth-order valence-electron chi connectivity index (χ4n) is 2.36. The number of hydrogen-bond donors (Lipinski definition) is 2. The van der Waals surface area contributed by atoms with Crippen LogP contribution in [0.5, 0.6) is 11.5 Å². The van der Waals surface area contributed by atoms with Gasteiger partial charge in [0.15, 0.2) is 5.82 Å². The molecular weight excluding hydrogens is 330 g/mol. The molecule has 0 saturated carbocycles. The van der Waals surface area contributed by atoms with Crippen molar-refractivity contribution in [2.45, 2.75) is 13.5 Å². The van der Waals surface area contributed by atoms with Crippen LogP contribution < -0.4 is 20.1 Å². The fraction of sp³-hybridized carbons (Fsp3) is 0.211. The predicted octanol–water partition coefficient (Wildman–Crippen LogP) is 3.55. The van der Waals surface area contributed by atoms with E-state index >= 15 is 0 Å². The molecular formula is C19H21N5O2. The second-order valence-corrected chi connectivity index (χ2v) is 5.70. The highest BCUT2D eigenvalue weighted by molar-refractivity contribution is 5.64. The van der Waals surface area contributed by atoms with Gasteiger partial charge in [0.1, 0.15) is 11.5 Å². The maximum Gasteiger partial charge on any atom is 0.249 e. The largest absolute Gasteiger partial charge is 0.497 e. The smallest absolute Gasteiger partial charge is 0.249 e. The van der Waals surface area contributed by atoms with Crippen molar-refractivity contribution in [2.75, 3.05) is 24.9 Å². The normalized spacial score (nSPS) is 10.3. The van der Waals surface area contributed by atoms with E-state index in [9.17, 15) is 0 Å². The van der Waals surface area contributed by atoms with Gasteiger partial charge in [0.05, 0.1) is 26.1 Å². The van der Waals surface area contributed by atoms with E-state index < -0.39 is 0 Å². The number of aryl methyl sites for hydroxylation is 1. The summed E-state index contributed by atoms with van der Waals surface area (Å²) in [6.07, 6.45) is 1.59. The van der Waals surface area contributed by atoms with E-state index in [2.05, 4.69) is 57.0 Å². The number of hydrogen-bond acceptors (Lipinski definition) is 7. The molecule has 3 aromatic rings. The van der Waals surface area contributed by atoms with Crippen LogP contribution in [0.25, 0.3) is 0 Å². The molecule has 0 atom stereocenters. The Labute approximate surface area is 152 Å². The first kappa shape index (κ1) is 17.5. The van der Waals surface area contributed by atoms with Crippen molar-refractivity contribution in [3.63, 3.8) is 0 Å². The minimum absolute atomic E-state index is 0.377. The van der Waals surface area contributed by atoms with Crippen LogP contribution in [0.4, 0.5) is 17.5 Å².